The Morgan fingerprint density at radius 1 is 0.935 bits per heavy atom. The van der Waals surface area contributed by atoms with E-state index in [4.69, 9.17) is 14.2 Å². The summed E-state index contributed by atoms with van der Waals surface area (Å²) >= 11 is 0. The van der Waals surface area contributed by atoms with E-state index in [2.05, 4.69) is 4.90 Å². The Morgan fingerprint density at radius 2 is 1.55 bits per heavy atom. The van der Waals surface area contributed by atoms with Gasteiger partial charge in [-0.2, -0.15) is 0 Å². The molecule has 166 valence electrons. The minimum Gasteiger partial charge on any atom is -0.493 e. The van der Waals surface area contributed by atoms with Crippen LogP contribution in [0.5, 0.6) is 17.2 Å². The molecule has 2 aliphatic heterocycles. The van der Waals surface area contributed by atoms with Gasteiger partial charge >= 0.3 is 0 Å². The van der Waals surface area contributed by atoms with Gasteiger partial charge in [0, 0.05) is 24.7 Å². The highest BCUT2D eigenvalue weighted by Gasteiger charge is 2.29. The molecular weight excluding hydrogens is 392 g/mol. The standard InChI is InChI=1S/C25H32N2O4/c1-29-22-16-20(17-23(30-2)24(22)31-18-19-8-4-3-5-9-19)25(28)27-14-10-21(11-15-27)26-12-6-7-13-26/h3-5,8-9,16-17,21H,6-7,10-15,18H2,1-2H3. The fourth-order valence-corrected chi connectivity index (χ4v) is 4.60. The predicted molar refractivity (Wildman–Crippen MR) is 120 cm³/mol. The van der Waals surface area contributed by atoms with Crippen molar-refractivity contribution in [1.82, 2.24) is 9.80 Å². The van der Waals surface area contributed by atoms with Crippen LogP contribution in [0.2, 0.25) is 0 Å². The lowest BCUT2D eigenvalue weighted by molar-refractivity contribution is 0.0643. The average molecular weight is 425 g/mol. The molecule has 0 spiro atoms. The maximum atomic E-state index is 13.2. The zero-order valence-corrected chi connectivity index (χ0v) is 18.5. The highest BCUT2D eigenvalue weighted by molar-refractivity contribution is 5.95. The number of benzene rings is 2. The molecule has 0 bridgehead atoms. The largest absolute Gasteiger partial charge is 0.493 e. The normalized spacial score (nSPS) is 17.5. The molecule has 2 aliphatic rings. The average Bonchev–Trinajstić information content (AvgIpc) is 3.37. The van der Waals surface area contributed by atoms with Crippen molar-refractivity contribution in [3.63, 3.8) is 0 Å². The molecule has 0 atom stereocenters. The molecule has 0 aromatic heterocycles. The van der Waals surface area contributed by atoms with Gasteiger partial charge in [0.1, 0.15) is 6.61 Å². The number of carbonyl (C=O) groups is 1. The van der Waals surface area contributed by atoms with Gasteiger partial charge in [-0.25, -0.2) is 0 Å². The summed E-state index contributed by atoms with van der Waals surface area (Å²) in [6.45, 7) is 4.38. The molecule has 2 aromatic rings. The lowest BCUT2D eigenvalue weighted by atomic mass is 10.0. The first-order valence-corrected chi connectivity index (χ1v) is 11.2. The molecule has 2 saturated heterocycles. The summed E-state index contributed by atoms with van der Waals surface area (Å²) in [5.74, 6) is 1.54. The zero-order valence-electron chi connectivity index (χ0n) is 18.5. The predicted octanol–water partition coefficient (Wildman–Crippen LogP) is 3.98. The van der Waals surface area contributed by atoms with Gasteiger partial charge in [0.05, 0.1) is 14.2 Å². The molecule has 4 rings (SSSR count). The van der Waals surface area contributed by atoms with Gasteiger partial charge in [0.15, 0.2) is 11.5 Å². The summed E-state index contributed by atoms with van der Waals surface area (Å²) in [6, 6.07) is 14.1. The Balaban J connectivity index is 1.46. The first-order valence-electron chi connectivity index (χ1n) is 11.2. The van der Waals surface area contributed by atoms with Crippen LogP contribution in [0.3, 0.4) is 0 Å². The summed E-state index contributed by atoms with van der Waals surface area (Å²) in [4.78, 5) is 17.8. The van der Waals surface area contributed by atoms with Crippen molar-refractivity contribution in [2.45, 2.75) is 38.3 Å². The van der Waals surface area contributed by atoms with Crippen LogP contribution in [-0.2, 0) is 6.61 Å². The number of hydrogen-bond donors (Lipinski definition) is 0. The molecule has 2 heterocycles. The van der Waals surface area contributed by atoms with Crippen molar-refractivity contribution in [3.05, 3.63) is 53.6 Å². The van der Waals surface area contributed by atoms with Gasteiger partial charge in [-0.3, -0.25) is 4.79 Å². The van der Waals surface area contributed by atoms with Gasteiger partial charge in [-0.1, -0.05) is 30.3 Å². The van der Waals surface area contributed by atoms with E-state index in [0.29, 0.717) is 35.5 Å². The summed E-state index contributed by atoms with van der Waals surface area (Å²) < 4.78 is 17.1. The van der Waals surface area contributed by atoms with Crippen molar-refractivity contribution >= 4 is 5.91 Å². The van der Waals surface area contributed by atoms with Gasteiger partial charge in [-0.15, -0.1) is 0 Å². The summed E-state index contributed by atoms with van der Waals surface area (Å²) in [5, 5.41) is 0. The molecule has 2 aromatic carbocycles. The van der Waals surface area contributed by atoms with Crippen LogP contribution in [0.15, 0.2) is 42.5 Å². The highest BCUT2D eigenvalue weighted by atomic mass is 16.5. The molecular formula is C25H32N2O4. The van der Waals surface area contributed by atoms with Crippen LogP contribution in [0.1, 0.15) is 41.6 Å². The molecule has 1 amide bonds. The lowest BCUT2D eigenvalue weighted by Gasteiger charge is -2.36. The maximum absolute atomic E-state index is 13.2. The lowest BCUT2D eigenvalue weighted by Crippen LogP contribution is -2.45. The smallest absolute Gasteiger partial charge is 0.254 e. The quantitative estimate of drug-likeness (QED) is 0.673. The van der Waals surface area contributed by atoms with E-state index >= 15 is 0 Å². The van der Waals surface area contributed by atoms with Crippen LogP contribution < -0.4 is 14.2 Å². The molecule has 0 aliphatic carbocycles. The number of amides is 1. The van der Waals surface area contributed by atoms with Crippen LogP contribution in [0, 0.1) is 0 Å². The second kappa shape index (κ2) is 10.1. The monoisotopic (exact) mass is 424 g/mol. The topological polar surface area (TPSA) is 51.2 Å². The fourth-order valence-electron chi connectivity index (χ4n) is 4.60. The van der Waals surface area contributed by atoms with E-state index in [-0.39, 0.29) is 5.91 Å². The Morgan fingerprint density at radius 3 is 2.13 bits per heavy atom. The Hall–Kier alpha value is -2.73. The third-order valence-corrected chi connectivity index (χ3v) is 6.34. The van der Waals surface area contributed by atoms with E-state index in [1.807, 2.05) is 35.2 Å². The molecule has 6 nitrogen and oxygen atoms in total. The molecule has 2 fully saturated rings. The number of methoxy groups -OCH3 is 2. The van der Waals surface area contributed by atoms with Gasteiger partial charge in [0.2, 0.25) is 5.75 Å². The van der Waals surface area contributed by atoms with Crippen LogP contribution in [0.25, 0.3) is 0 Å². The minimum absolute atomic E-state index is 0.0195. The third-order valence-electron chi connectivity index (χ3n) is 6.34. The number of hydrogen-bond acceptors (Lipinski definition) is 5. The van der Waals surface area contributed by atoms with E-state index in [0.717, 1.165) is 31.5 Å². The molecule has 0 radical (unpaired) electrons. The number of carbonyl (C=O) groups excluding carboxylic acids is 1. The van der Waals surface area contributed by atoms with Crippen molar-refractivity contribution in [2.24, 2.45) is 0 Å². The van der Waals surface area contributed by atoms with Crippen LogP contribution in [-0.4, -0.2) is 62.1 Å². The molecule has 6 heteroatoms. The number of piperidine rings is 1. The molecule has 0 unspecified atom stereocenters. The van der Waals surface area contributed by atoms with Crippen molar-refractivity contribution in [1.29, 1.82) is 0 Å². The zero-order chi connectivity index (χ0) is 21.6. The third kappa shape index (κ3) is 4.96. The van der Waals surface area contributed by atoms with Crippen molar-refractivity contribution in [2.75, 3.05) is 40.4 Å². The van der Waals surface area contributed by atoms with E-state index in [1.165, 1.54) is 25.9 Å². The van der Waals surface area contributed by atoms with E-state index in [9.17, 15) is 4.79 Å². The highest BCUT2D eigenvalue weighted by Crippen LogP contribution is 2.39. The number of nitrogens with zero attached hydrogens (tertiary/aromatic N) is 2. The number of ether oxygens (including phenoxy) is 3. The Labute approximate surface area is 184 Å². The van der Waals surface area contributed by atoms with Crippen LogP contribution in [0.4, 0.5) is 0 Å². The Bertz CT molecular complexity index is 847. The van der Waals surface area contributed by atoms with Gasteiger partial charge < -0.3 is 24.0 Å². The van der Waals surface area contributed by atoms with Crippen molar-refractivity contribution < 1.29 is 19.0 Å². The second-order valence-corrected chi connectivity index (χ2v) is 8.25. The molecule has 0 N–H and O–H groups in total. The number of rotatable bonds is 7. The first kappa shape index (κ1) is 21.5. The van der Waals surface area contributed by atoms with Gasteiger partial charge in [-0.05, 0) is 56.5 Å². The van der Waals surface area contributed by atoms with Gasteiger partial charge in [0.25, 0.3) is 5.91 Å². The summed E-state index contributed by atoms with van der Waals surface area (Å²) in [6.07, 6.45) is 4.69. The minimum atomic E-state index is 0.0195. The van der Waals surface area contributed by atoms with Crippen LogP contribution >= 0.6 is 0 Å². The maximum Gasteiger partial charge on any atom is 0.254 e. The fraction of sp³-hybridized carbons (Fsp3) is 0.480. The summed E-state index contributed by atoms with van der Waals surface area (Å²) in [7, 11) is 3.17. The summed E-state index contributed by atoms with van der Waals surface area (Å²) in [5.41, 5.74) is 1.62. The second-order valence-electron chi connectivity index (χ2n) is 8.25. The Kier molecular flexibility index (Phi) is 6.97. The molecule has 31 heavy (non-hydrogen) atoms. The number of likely N-dealkylation sites (tertiary alicyclic amines) is 2. The van der Waals surface area contributed by atoms with E-state index < -0.39 is 0 Å². The van der Waals surface area contributed by atoms with Crippen molar-refractivity contribution in [3.8, 4) is 17.2 Å². The first-order chi connectivity index (χ1) is 15.2. The SMILES string of the molecule is COc1cc(C(=O)N2CCC(N3CCCC3)CC2)cc(OC)c1OCc1ccccc1. The molecule has 0 saturated carbocycles. The van der Waals surface area contributed by atoms with E-state index in [1.54, 1.807) is 26.4 Å².